The van der Waals surface area contributed by atoms with Crippen LogP contribution in [0.3, 0.4) is 0 Å². The SMILES string of the molecule is Cn1cc(C(NC(=O)c2ccc(-n3cnnn3)cc2)C2CC(O)C2)cn1. The number of nitrogens with one attached hydrogen (secondary N) is 1. The molecule has 0 bridgehead atoms. The number of aromatic nitrogens is 6. The maximum atomic E-state index is 12.7. The third kappa shape index (κ3) is 3.21. The van der Waals surface area contributed by atoms with Crippen LogP contribution in [0.25, 0.3) is 5.69 Å². The number of rotatable bonds is 5. The number of aryl methyl sites for hydroxylation is 1. The molecule has 2 N–H and O–H groups in total. The van der Waals surface area contributed by atoms with Crippen LogP contribution >= 0.6 is 0 Å². The average molecular weight is 353 g/mol. The summed E-state index contributed by atoms with van der Waals surface area (Å²) in [6, 6.07) is 6.89. The van der Waals surface area contributed by atoms with Gasteiger partial charge in [-0.3, -0.25) is 9.48 Å². The Labute approximate surface area is 149 Å². The second-order valence-electron chi connectivity index (χ2n) is 6.59. The zero-order chi connectivity index (χ0) is 18.1. The van der Waals surface area contributed by atoms with Crippen molar-refractivity contribution in [2.45, 2.75) is 25.0 Å². The Kier molecular flexibility index (Phi) is 4.21. The zero-order valence-electron chi connectivity index (χ0n) is 14.2. The second-order valence-corrected chi connectivity index (χ2v) is 6.59. The second kappa shape index (κ2) is 6.68. The first-order chi connectivity index (χ1) is 12.6. The molecule has 0 aliphatic heterocycles. The van der Waals surface area contributed by atoms with Crippen LogP contribution in [-0.4, -0.2) is 47.1 Å². The highest BCUT2D eigenvalue weighted by atomic mass is 16.3. The van der Waals surface area contributed by atoms with Crippen molar-refractivity contribution in [2.24, 2.45) is 13.0 Å². The minimum absolute atomic E-state index is 0.163. The van der Waals surface area contributed by atoms with Gasteiger partial charge in [0.05, 0.1) is 24.0 Å². The Bertz CT molecular complexity index is 882. The number of aliphatic hydroxyl groups is 1. The number of tetrazole rings is 1. The van der Waals surface area contributed by atoms with Crippen LogP contribution in [0.1, 0.15) is 34.8 Å². The molecule has 2 aromatic heterocycles. The van der Waals surface area contributed by atoms with E-state index in [1.54, 1.807) is 35.1 Å². The van der Waals surface area contributed by atoms with Crippen molar-refractivity contribution >= 4 is 5.91 Å². The molecular weight excluding hydrogens is 334 g/mol. The maximum Gasteiger partial charge on any atom is 0.251 e. The highest BCUT2D eigenvalue weighted by molar-refractivity contribution is 5.94. The van der Waals surface area contributed by atoms with Crippen LogP contribution in [0.15, 0.2) is 43.0 Å². The van der Waals surface area contributed by atoms with Gasteiger partial charge in [-0.25, -0.2) is 4.68 Å². The van der Waals surface area contributed by atoms with E-state index in [2.05, 4.69) is 25.9 Å². The number of hydrogen-bond acceptors (Lipinski definition) is 6. The molecule has 1 unspecified atom stereocenters. The molecule has 1 fully saturated rings. The van der Waals surface area contributed by atoms with Crippen LogP contribution in [0, 0.1) is 5.92 Å². The van der Waals surface area contributed by atoms with Crippen molar-refractivity contribution in [1.82, 2.24) is 35.3 Å². The third-order valence-corrected chi connectivity index (χ3v) is 4.73. The van der Waals surface area contributed by atoms with Crippen LogP contribution < -0.4 is 5.32 Å². The molecular formula is C17H19N7O2. The van der Waals surface area contributed by atoms with E-state index >= 15 is 0 Å². The fourth-order valence-corrected chi connectivity index (χ4v) is 3.25. The fraction of sp³-hybridized carbons (Fsp3) is 0.353. The molecule has 134 valence electrons. The van der Waals surface area contributed by atoms with Gasteiger partial charge in [0.15, 0.2) is 0 Å². The monoisotopic (exact) mass is 353 g/mol. The molecule has 1 aromatic carbocycles. The Morgan fingerprint density at radius 2 is 2.08 bits per heavy atom. The molecule has 26 heavy (non-hydrogen) atoms. The predicted molar refractivity (Wildman–Crippen MR) is 91.3 cm³/mol. The van der Waals surface area contributed by atoms with Gasteiger partial charge in [0.2, 0.25) is 0 Å². The van der Waals surface area contributed by atoms with Crippen molar-refractivity contribution in [3.63, 3.8) is 0 Å². The molecule has 0 saturated heterocycles. The lowest BCUT2D eigenvalue weighted by Gasteiger charge is -2.37. The summed E-state index contributed by atoms with van der Waals surface area (Å²) < 4.78 is 3.24. The maximum absolute atomic E-state index is 12.7. The molecule has 4 rings (SSSR count). The van der Waals surface area contributed by atoms with E-state index in [-0.39, 0.29) is 24.0 Å². The molecule has 0 spiro atoms. The molecule has 3 aromatic rings. The molecule has 2 heterocycles. The first-order valence-electron chi connectivity index (χ1n) is 8.41. The summed E-state index contributed by atoms with van der Waals surface area (Å²) in [4.78, 5) is 12.7. The van der Waals surface area contributed by atoms with Crippen molar-refractivity contribution in [1.29, 1.82) is 0 Å². The van der Waals surface area contributed by atoms with Gasteiger partial charge in [0, 0.05) is 24.4 Å². The van der Waals surface area contributed by atoms with Gasteiger partial charge >= 0.3 is 0 Å². The topological polar surface area (TPSA) is 111 Å². The minimum Gasteiger partial charge on any atom is -0.393 e. The molecule has 1 saturated carbocycles. The van der Waals surface area contributed by atoms with E-state index in [4.69, 9.17) is 0 Å². The van der Waals surface area contributed by atoms with Crippen LogP contribution in [0.5, 0.6) is 0 Å². The normalized spacial score (nSPS) is 20.4. The minimum atomic E-state index is -0.286. The number of amides is 1. The lowest BCUT2D eigenvalue weighted by molar-refractivity contribution is 0.0235. The van der Waals surface area contributed by atoms with Gasteiger partial charge in [-0.2, -0.15) is 5.10 Å². The van der Waals surface area contributed by atoms with Gasteiger partial charge in [0.25, 0.3) is 5.91 Å². The standard InChI is InChI=1S/C17H19N7O2/c1-23-9-13(8-19-23)16(12-6-15(25)7-12)20-17(26)11-2-4-14(5-3-11)24-10-18-21-22-24/h2-5,8-10,12,15-16,25H,6-7H2,1H3,(H,20,26). The van der Waals surface area contributed by atoms with E-state index < -0.39 is 0 Å². The summed E-state index contributed by atoms with van der Waals surface area (Å²) in [5.41, 5.74) is 2.27. The quantitative estimate of drug-likeness (QED) is 0.696. The lowest BCUT2D eigenvalue weighted by Crippen LogP contribution is -2.41. The number of nitrogens with zero attached hydrogens (tertiary/aromatic N) is 6. The van der Waals surface area contributed by atoms with Gasteiger partial charge in [-0.15, -0.1) is 5.10 Å². The van der Waals surface area contributed by atoms with Crippen LogP contribution in [0.2, 0.25) is 0 Å². The van der Waals surface area contributed by atoms with Crippen molar-refractivity contribution in [2.75, 3.05) is 0 Å². The number of benzene rings is 1. The van der Waals surface area contributed by atoms with E-state index in [1.165, 1.54) is 11.0 Å². The molecule has 9 heteroatoms. The van der Waals surface area contributed by atoms with Crippen molar-refractivity contribution in [3.8, 4) is 5.69 Å². The van der Waals surface area contributed by atoms with E-state index in [0.717, 1.165) is 11.3 Å². The summed E-state index contributed by atoms with van der Waals surface area (Å²) in [6.07, 6.45) is 6.23. The number of hydrogen-bond donors (Lipinski definition) is 2. The van der Waals surface area contributed by atoms with Crippen molar-refractivity contribution in [3.05, 3.63) is 54.1 Å². The third-order valence-electron chi connectivity index (χ3n) is 4.73. The summed E-state index contributed by atoms with van der Waals surface area (Å²) in [5, 5.41) is 27.9. The van der Waals surface area contributed by atoms with Crippen LogP contribution in [-0.2, 0) is 7.05 Å². The number of carbonyl (C=O) groups excluding carboxylic acids is 1. The predicted octanol–water partition coefficient (Wildman–Crippen LogP) is 0.638. The number of carbonyl (C=O) groups is 1. The average Bonchev–Trinajstić information content (AvgIpc) is 3.29. The van der Waals surface area contributed by atoms with E-state index in [9.17, 15) is 9.90 Å². The van der Waals surface area contributed by atoms with Crippen molar-refractivity contribution < 1.29 is 9.90 Å². The largest absolute Gasteiger partial charge is 0.393 e. The zero-order valence-corrected chi connectivity index (χ0v) is 14.2. The fourth-order valence-electron chi connectivity index (χ4n) is 3.25. The smallest absolute Gasteiger partial charge is 0.251 e. The van der Waals surface area contributed by atoms with Gasteiger partial charge in [0.1, 0.15) is 6.33 Å². The van der Waals surface area contributed by atoms with Crippen LogP contribution in [0.4, 0.5) is 0 Å². The first kappa shape index (κ1) is 16.4. The molecule has 1 atom stereocenters. The Morgan fingerprint density at radius 1 is 1.31 bits per heavy atom. The van der Waals surface area contributed by atoms with E-state index in [1.807, 2.05) is 13.2 Å². The summed E-state index contributed by atoms with van der Waals surface area (Å²) in [6.45, 7) is 0. The molecule has 1 aliphatic carbocycles. The molecule has 9 nitrogen and oxygen atoms in total. The molecule has 0 radical (unpaired) electrons. The highest BCUT2D eigenvalue weighted by Gasteiger charge is 2.36. The first-order valence-corrected chi connectivity index (χ1v) is 8.41. The molecule has 1 amide bonds. The molecule has 1 aliphatic rings. The van der Waals surface area contributed by atoms with Gasteiger partial charge < -0.3 is 10.4 Å². The number of aliphatic hydroxyl groups excluding tert-OH is 1. The summed E-state index contributed by atoms with van der Waals surface area (Å²) in [7, 11) is 1.84. The Balaban J connectivity index is 1.51. The highest BCUT2D eigenvalue weighted by Crippen LogP contribution is 2.38. The Hall–Kier alpha value is -3.07. The Morgan fingerprint density at radius 3 is 2.65 bits per heavy atom. The summed E-state index contributed by atoms with van der Waals surface area (Å²) >= 11 is 0. The lowest BCUT2D eigenvalue weighted by atomic mass is 9.75. The van der Waals surface area contributed by atoms with Gasteiger partial charge in [-0.1, -0.05) is 0 Å². The van der Waals surface area contributed by atoms with E-state index in [0.29, 0.717) is 18.4 Å². The van der Waals surface area contributed by atoms with Gasteiger partial charge in [-0.05, 0) is 53.5 Å². The summed E-state index contributed by atoms with van der Waals surface area (Å²) in [5.74, 6) is 0.0437.